The number of rotatable bonds is 5. The lowest BCUT2D eigenvalue weighted by atomic mass is 10.1. The van der Waals surface area contributed by atoms with Gasteiger partial charge in [-0.2, -0.15) is 4.98 Å². The molecule has 3 aromatic rings. The molecule has 0 atom stereocenters. The molecule has 4 rings (SSSR count). The number of carbonyl (C=O) groups excluding carboxylic acids is 2. The van der Waals surface area contributed by atoms with Crippen molar-refractivity contribution in [3.63, 3.8) is 0 Å². The molecule has 1 aromatic carbocycles. The first kappa shape index (κ1) is 21.1. The summed E-state index contributed by atoms with van der Waals surface area (Å²) >= 11 is 7.66. The van der Waals surface area contributed by atoms with Crippen LogP contribution >= 0.6 is 22.9 Å². The van der Waals surface area contributed by atoms with Crippen LogP contribution in [0.15, 0.2) is 35.8 Å². The first-order valence-corrected chi connectivity index (χ1v) is 11.0. The molecule has 0 saturated carbocycles. The van der Waals surface area contributed by atoms with E-state index >= 15 is 0 Å². The van der Waals surface area contributed by atoms with Gasteiger partial charge in [0.1, 0.15) is 10.0 Å². The molecule has 0 spiro atoms. The zero-order valence-corrected chi connectivity index (χ0v) is 18.6. The van der Waals surface area contributed by atoms with Crippen LogP contribution in [-0.2, 0) is 11.2 Å². The summed E-state index contributed by atoms with van der Waals surface area (Å²) in [5.74, 6) is 0.691. The van der Waals surface area contributed by atoms with Gasteiger partial charge in [0.05, 0.1) is 11.8 Å². The molecule has 0 unspecified atom stereocenters. The topological polar surface area (TPSA) is 99.2 Å². The van der Waals surface area contributed by atoms with Crippen molar-refractivity contribution in [1.82, 2.24) is 15.3 Å². The highest BCUT2D eigenvalue weighted by atomic mass is 35.5. The summed E-state index contributed by atoms with van der Waals surface area (Å²) in [5, 5.41) is 11.7. The van der Waals surface area contributed by atoms with E-state index in [1.807, 2.05) is 23.6 Å². The van der Waals surface area contributed by atoms with Gasteiger partial charge in [0.15, 0.2) is 5.82 Å². The molecule has 0 saturated heterocycles. The number of fused-ring (bicyclic) bond motifs is 1. The van der Waals surface area contributed by atoms with Crippen molar-refractivity contribution < 1.29 is 9.59 Å². The Hall–Kier alpha value is -3.17. The van der Waals surface area contributed by atoms with Crippen LogP contribution in [0.2, 0.25) is 5.02 Å². The summed E-state index contributed by atoms with van der Waals surface area (Å²) in [6.45, 7) is 0. The predicted octanol–water partition coefficient (Wildman–Crippen LogP) is 4.34. The van der Waals surface area contributed by atoms with Crippen LogP contribution in [0.4, 0.5) is 28.1 Å². The number of nitrogens with one attached hydrogen (secondary N) is 3. The van der Waals surface area contributed by atoms with E-state index in [0.29, 0.717) is 33.8 Å². The SMILES string of the molecule is CNC(=O)c1ccsc1Nc1nc(Nc2ccc3c(c2)CCCC(=O)N3C)ncc1Cl. The maximum atomic E-state index is 12.1. The molecule has 31 heavy (non-hydrogen) atoms. The average molecular weight is 457 g/mol. The van der Waals surface area contributed by atoms with E-state index in [0.717, 1.165) is 29.8 Å². The summed E-state index contributed by atoms with van der Waals surface area (Å²) in [6, 6.07) is 7.56. The van der Waals surface area contributed by atoms with Gasteiger partial charge in [-0.25, -0.2) is 4.98 Å². The number of carbonyl (C=O) groups is 2. The molecule has 3 N–H and O–H groups in total. The number of aryl methyl sites for hydroxylation is 1. The van der Waals surface area contributed by atoms with Gasteiger partial charge in [-0.05, 0) is 48.1 Å². The Bertz CT molecular complexity index is 1150. The van der Waals surface area contributed by atoms with Gasteiger partial charge in [0, 0.05) is 31.9 Å². The van der Waals surface area contributed by atoms with Crippen molar-refractivity contribution in [3.8, 4) is 0 Å². The summed E-state index contributed by atoms with van der Waals surface area (Å²) in [6.07, 6.45) is 3.70. The van der Waals surface area contributed by atoms with Crippen molar-refractivity contribution >= 4 is 62.9 Å². The zero-order chi connectivity index (χ0) is 22.0. The summed E-state index contributed by atoms with van der Waals surface area (Å²) in [7, 11) is 3.38. The van der Waals surface area contributed by atoms with E-state index in [1.54, 1.807) is 25.1 Å². The molecular formula is C21H21ClN6O2S. The Kier molecular flexibility index (Phi) is 6.06. The standard InChI is InChI=1S/C21H21ClN6O2S/c1-23-19(30)14-8-9-31-20(14)26-18-15(22)11-24-21(27-18)25-13-6-7-16-12(10-13)4-3-5-17(29)28(16)2/h6-11H,3-5H2,1-2H3,(H,23,30)(H2,24,25,26,27). The number of hydrogen-bond donors (Lipinski definition) is 3. The second-order valence-corrected chi connectivity index (χ2v) is 8.36. The molecule has 2 aromatic heterocycles. The normalized spacial score (nSPS) is 13.4. The largest absolute Gasteiger partial charge is 0.355 e. The maximum Gasteiger partial charge on any atom is 0.254 e. The molecule has 1 aliphatic rings. The minimum Gasteiger partial charge on any atom is -0.355 e. The zero-order valence-electron chi connectivity index (χ0n) is 17.0. The van der Waals surface area contributed by atoms with Crippen LogP contribution in [0.25, 0.3) is 0 Å². The lowest BCUT2D eigenvalue weighted by Gasteiger charge is -2.18. The van der Waals surface area contributed by atoms with E-state index in [-0.39, 0.29) is 11.8 Å². The van der Waals surface area contributed by atoms with E-state index in [2.05, 4.69) is 25.9 Å². The van der Waals surface area contributed by atoms with E-state index in [4.69, 9.17) is 11.6 Å². The second-order valence-electron chi connectivity index (χ2n) is 7.03. The molecule has 8 nitrogen and oxygen atoms in total. The third-order valence-corrected chi connectivity index (χ3v) is 6.13. The molecule has 160 valence electrons. The van der Waals surface area contributed by atoms with E-state index in [9.17, 15) is 9.59 Å². The van der Waals surface area contributed by atoms with Crippen molar-refractivity contribution in [2.45, 2.75) is 19.3 Å². The number of thiophene rings is 1. The fourth-order valence-corrected chi connectivity index (χ4v) is 4.32. The second kappa shape index (κ2) is 8.91. The van der Waals surface area contributed by atoms with Gasteiger partial charge >= 0.3 is 0 Å². The smallest absolute Gasteiger partial charge is 0.254 e. The predicted molar refractivity (Wildman–Crippen MR) is 124 cm³/mol. The minimum atomic E-state index is -0.194. The van der Waals surface area contributed by atoms with Gasteiger partial charge < -0.3 is 20.9 Å². The molecule has 0 bridgehead atoms. The van der Waals surface area contributed by atoms with Gasteiger partial charge in [0.2, 0.25) is 11.9 Å². The van der Waals surface area contributed by atoms with Crippen LogP contribution in [-0.4, -0.2) is 35.9 Å². The van der Waals surface area contributed by atoms with Crippen LogP contribution in [0.5, 0.6) is 0 Å². The van der Waals surface area contributed by atoms with E-state index < -0.39 is 0 Å². The lowest BCUT2D eigenvalue weighted by Crippen LogP contribution is -2.24. The molecule has 0 radical (unpaired) electrons. The van der Waals surface area contributed by atoms with E-state index in [1.165, 1.54) is 17.5 Å². The van der Waals surface area contributed by atoms with Gasteiger partial charge in [-0.3, -0.25) is 9.59 Å². The Morgan fingerprint density at radius 1 is 1.23 bits per heavy atom. The number of benzene rings is 1. The van der Waals surface area contributed by atoms with Gasteiger partial charge in [0.25, 0.3) is 5.91 Å². The summed E-state index contributed by atoms with van der Waals surface area (Å²) in [4.78, 5) is 34.5. The number of nitrogens with zero attached hydrogens (tertiary/aromatic N) is 3. The minimum absolute atomic E-state index is 0.126. The Labute approximate surface area is 188 Å². The van der Waals surface area contributed by atoms with Crippen molar-refractivity contribution in [3.05, 3.63) is 52.0 Å². The third kappa shape index (κ3) is 4.47. The molecule has 10 heteroatoms. The molecular weight excluding hydrogens is 436 g/mol. The quantitative estimate of drug-likeness (QED) is 0.528. The molecule has 1 aliphatic heterocycles. The van der Waals surface area contributed by atoms with Crippen LogP contribution in [0.1, 0.15) is 28.8 Å². The van der Waals surface area contributed by atoms with Gasteiger partial charge in [-0.1, -0.05) is 11.6 Å². The van der Waals surface area contributed by atoms with Crippen molar-refractivity contribution in [1.29, 1.82) is 0 Å². The van der Waals surface area contributed by atoms with Gasteiger partial charge in [-0.15, -0.1) is 11.3 Å². The average Bonchev–Trinajstić information content (AvgIpc) is 3.18. The fourth-order valence-electron chi connectivity index (χ4n) is 3.39. The molecule has 0 fully saturated rings. The molecule has 0 aliphatic carbocycles. The van der Waals surface area contributed by atoms with Crippen molar-refractivity contribution in [2.75, 3.05) is 29.6 Å². The lowest BCUT2D eigenvalue weighted by molar-refractivity contribution is -0.118. The first-order chi connectivity index (χ1) is 15.0. The highest BCUT2D eigenvalue weighted by Gasteiger charge is 2.19. The summed E-state index contributed by atoms with van der Waals surface area (Å²) < 4.78 is 0. The monoisotopic (exact) mass is 456 g/mol. The number of hydrogen-bond acceptors (Lipinski definition) is 7. The highest BCUT2D eigenvalue weighted by molar-refractivity contribution is 7.14. The molecule has 2 amide bonds. The molecule has 3 heterocycles. The van der Waals surface area contributed by atoms with Crippen molar-refractivity contribution in [2.24, 2.45) is 0 Å². The fraction of sp³-hybridized carbons (Fsp3) is 0.238. The number of aromatic nitrogens is 2. The summed E-state index contributed by atoms with van der Waals surface area (Å²) in [5.41, 5.74) is 3.35. The Morgan fingerprint density at radius 2 is 2.06 bits per heavy atom. The van der Waals surface area contributed by atoms with Crippen LogP contribution in [0.3, 0.4) is 0 Å². The number of anilines is 5. The Morgan fingerprint density at radius 3 is 2.87 bits per heavy atom. The van der Waals surface area contributed by atoms with Crippen LogP contribution in [0, 0.1) is 0 Å². The highest BCUT2D eigenvalue weighted by Crippen LogP contribution is 2.32. The number of amides is 2. The Balaban J connectivity index is 1.57. The van der Waals surface area contributed by atoms with Crippen LogP contribution < -0.4 is 20.9 Å². The first-order valence-electron chi connectivity index (χ1n) is 9.72. The third-order valence-electron chi connectivity index (χ3n) is 5.02. The maximum absolute atomic E-state index is 12.1. The number of halogens is 1.